The summed E-state index contributed by atoms with van der Waals surface area (Å²) in [6, 6.07) is 6.00. The number of imidazole rings is 1. The standard InChI is InChI=1S/C15H19BrFN3OSi/c1-22(2,3)7-6-21-10-19-13-9-11(17)8-12(16)15(13)20-14(19)4-5-18-20/h4-5,8-9H,6-7,10H2,1-3H3. The molecule has 22 heavy (non-hydrogen) atoms. The second kappa shape index (κ2) is 5.79. The molecule has 0 amide bonds. The van der Waals surface area contributed by atoms with Gasteiger partial charge in [-0.3, -0.25) is 0 Å². The lowest BCUT2D eigenvalue weighted by Gasteiger charge is -2.15. The van der Waals surface area contributed by atoms with E-state index in [-0.39, 0.29) is 5.82 Å². The first-order valence-corrected chi connectivity index (χ1v) is 11.8. The van der Waals surface area contributed by atoms with Crippen LogP contribution in [-0.4, -0.2) is 28.9 Å². The molecule has 4 nitrogen and oxygen atoms in total. The third-order valence-electron chi connectivity index (χ3n) is 3.63. The Morgan fingerprint density at radius 1 is 1.32 bits per heavy atom. The van der Waals surface area contributed by atoms with Gasteiger partial charge in [0.25, 0.3) is 0 Å². The zero-order chi connectivity index (χ0) is 15.9. The van der Waals surface area contributed by atoms with Gasteiger partial charge in [-0.05, 0) is 34.1 Å². The van der Waals surface area contributed by atoms with Crippen LogP contribution in [0.2, 0.25) is 25.7 Å². The second-order valence-corrected chi connectivity index (χ2v) is 13.1. The van der Waals surface area contributed by atoms with Crippen LogP contribution in [0.25, 0.3) is 16.7 Å². The summed E-state index contributed by atoms with van der Waals surface area (Å²) in [5.74, 6) is -0.275. The van der Waals surface area contributed by atoms with E-state index in [1.165, 1.54) is 12.1 Å². The van der Waals surface area contributed by atoms with E-state index >= 15 is 0 Å². The number of rotatable bonds is 5. The SMILES string of the molecule is C[Si](C)(C)CCOCn1c2cc(F)cc(Br)c2n2nccc12. The van der Waals surface area contributed by atoms with Gasteiger partial charge in [-0.15, -0.1) is 0 Å². The van der Waals surface area contributed by atoms with E-state index in [2.05, 4.69) is 40.7 Å². The van der Waals surface area contributed by atoms with Crippen LogP contribution in [0.15, 0.2) is 28.9 Å². The van der Waals surface area contributed by atoms with Gasteiger partial charge in [-0.2, -0.15) is 5.10 Å². The molecule has 0 saturated heterocycles. The molecule has 0 aliphatic carbocycles. The molecule has 7 heteroatoms. The second-order valence-electron chi connectivity index (χ2n) is 6.63. The predicted octanol–water partition coefficient (Wildman–Crippen LogP) is 4.50. The lowest BCUT2D eigenvalue weighted by atomic mass is 10.3. The average Bonchev–Trinajstić information content (AvgIpc) is 2.94. The number of nitrogens with zero attached hydrogens (tertiary/aromatic N) is 3. The summed E-state index contributed by atoms with van der Waals surface area (Å²) in [5, 5.41) is 4.32. The number of fused-ring (bicyclic) bond motifs is 3. The zero-order valence-electron chi connectivity index (χ0n) is 12.9. The Balaban J connectivity index is 1.95. The first-order valence-electron chi connectivity index (χ1n) is 7.25. The van der Waals surface area contributed by atoms with Gasteiger partial charge in [-0.1, -0.05) is 19.6 Å². The van der Waals surface area contributed by atoms with Crippen LogP contribution < -0.4 is 0 Å². The summed E-state index contributed by atoms with van der Waals surface area (Å²) < 4.78 is 24.0. The van der Waals surface area contributed by atoms with E-state index in [4.69, 9.17) is 4.74 Å². The smallest absolute Gasteiger partial charge is 0.138 e. The van der Waals surface area contributed by atoms with Gasteiger partial charge in [0, 0.05) is 25.2 Å². The first kappa shape index (κ1) is 15.7. The number of ether oxygens (including phenoxy) is 1. The molecule has 0 spiro atoms. The number of hydrogen-bond acceptors (Lipinski definition) is 2. The van der Waals surface area contributed by atoms with Gasteiger partial charge < -0.3 is 9.30 Å². The first-order chi connectivity index (χ1) is 10.4. The summed E-state index contributed by atoms with van der Waals surface area (Å²) in [7, 11) is -1.11. The van der Waals surface area contributed by atoms with E-state index in [9.17, 15) is 4.39 Å². The molecule has 0 aliphatic heterocycles. The molecule has 3 rings (SSSR count). The van der Waals surface area contributed by atoms with Crippen LogP contribution in [0, 0.1) is 5.82 Å². The highest BCUT2D eigenvalue weighted by Gasteiger charge is 2.16. The molecule has 2 aromatic heterocycles. The Labute approximate surface area is 138 Å². The summed E-state index contributed by atoms with van der Waals surface area (Å²) in [4.78, 5) is 0. The van der Waals surface area contributed by atoms with E-state index in [1.807, 2.05) is 10.6 Å². The topological polar surface area (TPSA) is 31.5 Å². The van der Waals surface area contributed by atoms with Crippen LogP contribution in [0.1, 0.15) is 0 Å². The molecule has 2 heterocycles. The fourth-order valence-corrected chi connectivity index (χ4v) is 3.78. The minimum absolute atomic E-state index is 0.275. The highest BCUT2D eigenvalue weighted by Crippen LogP contribution is 2.28. The van der Waals surface area contributed by atoms with Crippen molar-refractivity contribution in [3.05, 3.63) is 34.7 Å². The Bertz CT molecular complexity index is 822. The number of halogens is 2. The summed E-state index contributed by atoms with van der Waals surface area (Å²) in [6.45, 7) is 8.10. The Hall–Kier alpha value is -1.18. The van der Waals surface area contributed by atoms with Crippen molar-refractivity contribution in [2.75, 3.05) is 6.61 Å². The molecule has 0 N–H and O–H groups in total. The van der Waals surface area contributed by atoms with Crippen LogP contribution in [0.4, 0.5) is 4.39 Å². The molecule has 1 aromatic carbocycles. The molecule has 0 saturated carbocycles. The largest absolute Gasteiger partial charge is 0.361 e. The molecule has 0 atom stereocenters. The van der Waals surface area contributed by atoms with E-state index < -0.39 is 8.07 Å². The van der Waals surface area contributed by atoms with Gasteiger partial charge in [0.2, 0.25) is 0 Å². The fraction of sp³-hybridized carbons (Fsp3) is 0.400. The Kier molecular flexibility index (Phi) is 4.13. The van der Waals surface area contributed by atoms with Crippen molar-refractivity contribution in [2.45, 2.75) is 32.4 Å². The summed E-state index contributed by atoms with van der Waals surface area (Å²) >= 11 is 3.43. The Morgan fingerprint density at radius 2 is 2.09 bits per heavy atom. The maximum atomic E-state index is 13.7. The molecular weight excluding hydrogens is 365 g/mol. The molecule has 0 radical (unpaired) electrons. The van der Waals surface area contributed by atoms with Crippen LogP contribution in [0.3, 0.4) is 0 Å². The number of benzene rings is 1. The van der Waals surface area contributed by atoms with E-state index in [1.54, 1.807) is 10.7 Å². The van der Waals surface area contributed by atoms with Crippen molar-refractivity contribution in [3.8, 4) is 0 Å². The highest BCUT2D eigenvalue weighted by atomic mass is 79.9. The Morgan fingerprint density at radius 3 is 2.82 bits per heavy atom. The molecular formula is C15H19BrFN3OSi. The van der Waals surface area contributed by atoms with Crippen molar-refractivity contribution >= 4 is 40.7 Å². The maximum Gasteiger partial charge on any atom is 0.138 e. The quantitative estimate of drug-likeness (QED) is 0.479. The third kappa shape index (κ3) is 2.97. The minimum atomic E-state index is -1.11. The number of aromatic nitrogens is 3. The van der Waals surface area contributed by atoms with E-state index in [0.29, 0.717) is 11.2 Å². The highest BCUT2D eigenvalue weighted by molar-refractivity contribution is 9.10. The predicted molar refractivity (Wildman–Crippen MR) is 92.5 cm³/mol. The zero-order valence-corrected chi connectivity index (χ0v) is 15.5. The normalized spacial score (nSPS) is 12.6. The molecule has 0 fully saturated rings. The van der Waals surface area contributed by atoms with E-state index in [0.717, 1.165) is 29.3 Å². The van der Waals surface area contributed by atoms with Gasteiger partial charge in [0.05, 0.1) is 11.7 Å². The lowest BCUT2D eigenvalue weighted by Crippen LogP contribution is -2.22. The van der Waals surface area contributed by atoms with Crippen molar-refractivity contribution in [3.63, 3.8) is 0 Å². The summed E-state index contributed by atoms with van der Waals surface area (Å²) in [6.07, 6.45) is 1.74. The lowest BCUT2D eigenvalue weighted by molar-refractivity contribution is 0.0925. The average molecular weight is 384 g/mol. The van der Waals surface area contributed by atoms with Gasteiger partial charge in [-0.25, -0.2) is 8.91 Å². The molecule has 0 unspecified atom stereocenters. The van der Waals surface area contributed by atoms with Crippen molar-refractivity contribution < 1.29 is 9.13 Å². The van der Waals surface area contributed by atoms with Crippen LogP contribution >= 0.6 is 15.9 Å². The van der Waals surface area contributed by atoms with Gasteiger partial charge in [0.15, 0.2) is 0 Å². The van der Waals surface area contributed by atoms with Gasteiger partial charge >= 0.3 is 0 Å². The van der Waals surface area contributed by atoms with Crippen molar-refractivity contribution in [2.24, 2.45) is 0 Å². The third-order valence-corrected chi connectivity index (χ3v) is 5.94. The minimum Gasteiger partial charge on any atom is -0.361 e. The molecule has 0 aliphatic rings. The number of hydrogen-bond donors (Lipinski definition) is 0. The summed E-state index contributed by atoms with van der Waals surface area (Å²) in [5.41, 5.74) is 2.53. The molecule has 0 bridgehead atoms. The van der Waals surface area contributed by atoms with Crippen molar-refractivity contribution in [1.82, 2.24) is 14.2 Å². The maximum absolute atomic E-state index is 13.7. The van der Waals surface area contributed by atoms with Crippen LogP contribution in [0.5, 0.6) is 0 Å². The van der Waals surface area contributed by atoms with Gasteiger partial charge in [0.1, 0.15) is 23.7 Å². The fourth-order valence-electron chi connectivity index (χ4n) is 2.43. The molecule has 118 valence electrons. The van der Waals surface area contributed by atoms with Crippen LogP contribution in [-0.2, 0) is 11.5 Å². The van der Waals surface area contributed by atoms with Crippen molar-refractivity contribution in [1.29, 1.82) is 0 Å². The molecule has 3 aromatic rings. The monoisotopic (exact) mass is 383 g/mol.